The molecule has 1 amide bonds. The van der Waals surface area contributed by atoms with E-state index in [1.54, 1.807) is 6.07 Å². The lowest BCUT2D eigenvalue weighted by Gasteiger charge is -2.38. The number of hydrogen-bond acceptors (Lipinski definition) is 5. The van der Waals surface area contributed by atoms with Gasteiger partial charge in [0, 0.05) is 52.4 Å². The summed E-state index contributed by atoms with van der Waals surface area (Å²) in [5.74, 6) is -0.251. The standard InChI is InChI=1S/C20H31FN4O2/c1-22(2)19(17-4-3-5-18(21)16-17)20(26)25-10-8-23(9-11-25)6-7-24-12-14-27-15-13-24/h3-5,16,19H,6-15H2,1-2H3/t19-/m1/s1. The van der Waals surface area contributed by atoms with Gasteiger partial charge in [-0.2, -0.15) is 0 Å². The first-order valence-electron chi connectivity index (χ1n) is 9.78. The highest BCUT2D eigenvalue weighted by Crippen LogP contribution is 2.22. The number of morpholine rings is 1. The van der Waals surface area contributed by atoms with E-state index in [0.29, 0.717) is 5.56 Å². The SMILES string of the molecule is CN(C)[C@@H](C(=O)N1CCN(CCN2CCOCC2)CC1)c1cccc(F)c1. The summed E-state index contributed by atoms with van der Waals surface area (Å²) in [6.07, 6.45) is 0. The van der Waals surface area contributed by atoms with Crippen molar-refractivity contribution in [2.75, 3.05) is 79.7 Å². The average Bonchev–Trinajstić information content (AvgIpc) is 2.67. The fourth-order valence-electron chi connectivity index (χ4n) is 3.81. The van der Waals surface area contributed by atoms with Crippen molar-refractivity contribution in [2.24, 2.45) is 0 Å². The van der Waals surface area contributed by atoms with Gasteiger partial charge in [0.25, 0.3) is 0 Å². The normalized spacial score (nSPS) is 20.8. The van der Waals surface area contributed by atoms with E-state index in [9.17, 15) is 9.18 Å². The zero-order valence-electron chi connectivity index (χ0n) is 16.4. The lowest BCUT2D eigenvalue weighted by Crippen LogP contribution is -2.53. The molecule has 3 rings (SSSR count). The molecule has 1 atom stereocenters. The molecule has 2 saturated heterocycles. The van der Waals surface area contributed by atoms with E-state index in [2.05, 4.69) is 9.80 Å². The molecule has 27 heavy (non-hydrogen) atoms. The third-order valence-electron chi connectivity index (χ3n) is 5.43. The van der Waals surface area contributed by atoms with E-state index in [1.807, 2.05) is 30.0 Å². The number of nitrogens with zero attached hydrogens (tertiary/aromatic N) is 4. The second kappa shape index (κ2) is 9.59. The molecule has 2 aliphatic heterocycles. The predicted molar refractivity (Wildman–Crippen MR) is 103 cm³/mol. The van der Waals surface area contributed by atoms with Gasteiger partial charge >= 0.3 is 0 Å². The maximum absolute atomic E-state index is 13.6. The maximum atomic E-state index is 13.6. The molecule has 0 unspecified atom stereocenters. The van der Waals surface area contributed by atoms with Crippen LogP contribution in [-0.4, -0.2) is 105 Å². The minimum Gasteiger partial charge on any atom is -0.379 e. The Morgan fingerprint density at radius 1 is 1.07 bits per heavy atom. The van der Waals surface area contributed by atoms with Gasteiger partial charge in [-0.15, -0.1) is 0 Å². The van der Waals surface area contributed by atoms with Crippen molar-refractivity contribution in [3.05, 3.63) is 35.6 Å². The third-order valence-corrected chi connectivity index (χ3v) is 5.43. The summed E-state index contributed by atoms with van der Waals surface area (Å²) in [4.78, 5) is 21.7. The molecule has 150 valence electrons. The van der Waals surface area contributed by atoms with Gasteiger partial charge in [-0.05, 0) is 31.8 Å². The summed E-state index contributed by atoms with van der Waals surface area (Å²) in [7, 11) is 3.73. The molecule has 0 radical (unpaired) electrons. The first-order valence-corrected chi connectivity index (χ1v) is 9.78. The summed E-state index contributed by atoms with van der Waals surface area (Å²) in [5, 5.41) is 0. The first-order chi connectivity index (χ1) is 13.0. The van der Waals surface area contributed by atoms with Crippen molar-refractivity contribution < 1.29 is 13.9 Å². The molecule has 0 spiro atoms. The Bertz CT molecular complexity index is 614. The van der Waals surface area contributed by atoms with Gasteiger partial charge in [0.1, 0.15) is 11.9 Å². The highest BCUT2D eigenvalue weighted by Gasteiger charge is 2.30. The Kier molecular flexibility index (Phi) is 7.18. The van der Waals surface area contributed by atoms with Crippen molar-refractivity contribution >= 4 is 5.91 Å². The minimum absolute atomic E-state index is 0.0541. The van der Waals surface area contributed by atoms with Gasteiger partial charge in [0.2, 0.25) is 5.91 Å². The number of carbonyl (C=O) groups excluding carboxylic acids is 1. The molecule has 7 heteroatoms. The van der Waals surface area contributed by atoms with Crippen LogP contribution in [0.2, 0.25) is 0 Å². The number of benzene rings is 1. The molecule has 0 aliphatic carbocycles. The number of halogens is 1. The summed E-state index contributed by atoms with van der Waals surface area (Å²) in [6.45, 7) is 8.99. The molecule has 2 fully saturated rings. The monoisotopic (exact) mass is 378 g/mol. The minimum atomic E-state index is -0.444. The molecule has 1 aromatic rings. The second-order valence-electron chi connectivity index (χ2n) is 7.54. The van der Waals surface area contributed by atoms with Gasteiger partial charge in [0.05, 0.1) is 13.2 Å². The molecule has 0 aromatic heterocycles. The van der Waals surface area contributed by atoms with Crippen LogP contribution in [0.3, 0.4) is 0 Å². The van der Waals surface area contributed by atoms with Crippen LogP contribution in [0.5, 0.6) is 0 Å². The molecule has 1 aromatic carbocycles. The van der Waals surface area contributed by atoms with Crippen LogP contribution in [0.25, 0.3) is 0 Å². The molecule has 0 saturated carbocycles. The molecule has 2 heterocycles. The van der Waals surface area contributed by atoms with Gasteiger partial charge < -0.3 is 9.64 Å². The largest absolute Gasteiger partial charge is 0.379 e. The van der Waals surface area contributed by atoms with Crippen molar-refractivity contribution in [3.8, 4) is 0 Å². The number of likely N-dealkylation sites (N-methyl/N-ethyl adjacent to an activating group) is 1. The summed E-state index contributed by atoms with van der Waals surface area (Å²) < 4.78 is 19.0. The molecule has 0 N–H and O–H groups in total. The first kappa shape index (κ1) is 20.2. The molecule has 6 nitrogen and oxygen atoms in total. The lowest BCUT2D eigenvalue weighted by molar-refractivity contribution is -0.138. The number of carbonyl (C=O) groups is 1. The van der Waals surface area contributed by atoms with Gasteiger partial charge in [-0.1, -0.05) is 12.1 Å². The Morgan fingerprint density at radius 2 is 1.70 bits per heavy atom. The third kappa shape index (κ3) is 5.48. The van der Waals surface area contributed by atoms with Crippen molar-refractivity contribution in [1.82, 2.24) is 19.6 Å². The van der Waals surface area contributed by atoms with Gasteiger partial charge in [-0.3, -0.25) is 19.5 Å². The van der Waals surface area contributed by atoms with Crippen LogP contribution in [0.4, 0.5) is 4.39 Å². The predicted octanol–water partition coefficient (Wildman–Crippen LogP) is 0.905. The lowest BCUT2D eigenvalue weighted by atomic mass is 10.0. The summed E-state index contributed by atoms with van der Waals surface area (Å²) in [6, 6.07) is 5.91. The zero-order valence-corrected chi connectivity index (χ0v) is 16.4. The van der Waals surface area contributed by atoms with Gasteiger partial charge in [-0.25, -0.2) is 4.39 Å². The number of amides is 1. The number of hydrogen-bond donors (Lipinski definition) is 0. The van der Waals surface area contributed by atoms with Crippen LogP contribution < -0.4 is 0 Å². The number of piperazine rings is 1. The second-order valence-corrected chi connectivity index (χ2v) is 7.54. The topological polar surface area (TPSA) is 39.3 Å². The van der Waals surface area contributed by atoms with Crippen LogP contribution >= 0.6 is 0 Å². The average molecular weight is 378 g/mol. The smallest absolute Gasteiger partial charge is 0.244 e. The van der Waals surface area contributed by atoms with E-state index < -0.39 is 6.04 Å². The van der Waals surface area contributed by atoms with Crippen molar-refractivity contribution in [3.63, 3.8) is 0 Å². The fraction of sp³-hybridized carbons (Fsp3) is 0.650. The molecule has 2 aliphatic rings. The Hall–Kier alpha value is -1.54. The summed E-state index contributed by atoms with van der Waals surface area (Å²) in [5.41, 5.74) is 0.708. The van der Waals surface area contributed by atoms with Crippen LogP contribution in [-0.2, 0) is 9.53 Å². The Balaban J connectivity index is 1.52. The summed E-state index contributed by atoms with van der Waals surface area (Å²) >= 11 is 0. The number of ether oxygens (including phenoxy) is 1. The molecular weight excluding hydrogens is 347 g/mol. The van der Waals surface area contributed by atoms with Crippen LogP contribution in [0.1, 0.15) is 11.6 Å². The quantitative estimate of drug-likeness (QED) is 0.736. The number of rotatable bonds is 6. The molecule has 0 bridgehead atoms. The molecular formula is C20H31FN4O2. The van der Waals surface area contributed by atoms with Crippen molar-refractivity contribution in [2.45, 2.75) is 6.04 Å². The maximum Gasteiger partial charge on any atom is 0.244 e. The highest BCUT2D eigenvalue weighted by molar-refractivity contribution is 5.83. The zero-order chi connectivity index (χ0) is 19.2. The van der Waals surface area contributed by atoms with E-state index in [1.165, 1.54) is 12.1 Å². The van der Waals surface area contributed by atoms with Crippen LogP contribution in [0.15, 0.2) is 24.3 Å². The van der Waals surface area contributed by atoms with Gasteiger partial charge in [0.15, 0.2) is 0 Å². The van der Waals surface area contributed by atoms with E-state index >= 15 is 0 Å². The fourth-order valence-corrected chi connectivity index (χ4v) is 3.81. The van der Waals surface area contributed by atoms with Crippen molar-refractivity contribution in [1.29, 1.82) is 0 Å². The highest BCUT2D eigenvalue weighted by atomic mass is 19.1. The Labute approximate surface area is 161 Å². The van der Waals surface area contributed by atoms with E-state index in [4.69, 9.17) is 4.74 Å². The van der Waals surface area contributed by atoms with E-state index in [-0.39, 0.29) is 11.7 Å². The van der Waals surface area contributed by atoms with E-state index in [0.717, 1.165) is 65.6 Å². The van der Waals surface area contributed by atoms with Crippen LogP contribution in [0, 0.1) is 5.82 Å². The Morgan fingerprint density at radius 3 is 2.30 bits per heavy atom.